The molecule has 0 bridgehead atoms. The van der Waals surface area contributed by atoms with Gasteiger partial charge in [0.2, 0.25) is 0 Å². The van der Waals surface area contributed by atoms with E-state index >= 15 is 0 Å². The SMILES string of the molecule is CC1(C)c2ccccc2-c2c(-c3c4ccccc4c(-c4ccc5c(c4)sc4cc6c(cc45)oc4c5ccccc5ccc64)c4ccccc34)cccc21. The Kier molecular flexibility index (Phi) is 5.78. The lowest BCUT2D eigenvalue weighted by atomic mass is 9.80. The fourth-order valence-electron chi connectivity index (χ4n) is 9.62. The predicted octanol–water partition coefficient (Wildman–Crippen LogP) is 15.1. The minimum atomic E-state index is -0.0584. The van der Waals surface area contributed by atoms with Gasteiger partial charge in [0.25, 0.3) is 0 Å². The number of thiophene rings is 1. The summed E-state index contributed by atoms with van der Waals surface area (Å²) in [6, 6.07) is 58.6. The summed E-state index contributed by atoms with van der Waals surface area (Å²) in [5.74, 6) is 0. The third-order valence-corrected chi connectivity index (χ3v) is 13.2. The summed E-state index contributed by atoms with van der Waals surface area (Å²) in [5, 5.41) is 12.4. The fraction of sp³-hybridized carbons (Fsp3) is 0.0588. The third-order valence-electron chi connectivity index (χ3n) is 12.1. The lowest BCUT2D eigenvalue weighted by Gasteiger charge is -2.22. The Morgan fingerprint density at radius 2 is 1.04 bits per heavy atom. The second kappa shape index (κ2) is 10.4. The maximum Gasteiger partial charge on any atom is 0.143 e. The molecule has 0 saturated carbocycles. The van der Waals surface area contributed by atoms with Gasteiger partial charge in [0.15, 0.2) is 0 Å². The molecule has 12 rings (SSSR count). The number of hydrogen-bond donors (Lipinski definition) is 0. The second-order valence-electron chi connectivity index (χ2n) is 15.2. The maximum atomic E-state index is 6.59. The van der Waals surface area contributed by atoms with Gasteiger partial charge < -0.3 is 4.42 Å². The van der Waals surface area contributed by atoms with Crippen molar-refractivity contribution in [2.24, 2.45) is 0 Å². The highest BCUT2D eigenvalue weighted by Crippen LogP contribution is 2.54. The van der Waals surface area contributed by atoms with E-state index in [0.29, 0.717) is 0 Å². The van der Waals surface area contributed by atoms with E-state index in [1.165, 1.54) is 102 Å². The largest absolute Gasteiger partial charge is 0.455 e. The van der Waals surface area contributed by atoms with Gasteiger partial charge in [-0.05, 0) is 95.7 Å². The molecule has 0 N–H and O–H groups in total. The fourth-order valence-corrected chi connectivity index (χ4v) is 10.8. The van der Waals surface area contributed by atoms with Crippen molar-refractivity contribution in [2.75, 3.05) is 0 Å². The quantitative estimate of drug-likeness (QED) is 0.164. The minimum absolute atomic E-state index is 0.0584. The first-order valence-electron chi connectivity index (χ1n) is 18.4. The zero-order valence-electron chi connectivity index (χ0n) is 29.3. The zero-order chi connectivity index (χ0) is 35.0. The summed E-state index contributed by atoms with van der Waals surface area (Å²) >= 11 is 1.88. The highest BCUT2D eigenvalue weighted by atomic mass is 32.1. The van der Waals surface area contributed by atoms with Crippen LogP contribution in [-0.4, -0.2) is 0 Å². The monoisotopic (exact) mass is 692 g/mol. The molecule has 0 amide bonds. The van der Waals surface area contributed by atoms with E-state index in [0.717, 1.165) is 16.6 Å². The van der Waals surface area contributed by atoms with E-state index in [4.69, 9.17) is 4.42 Å². The van der Waals surface area contributed by atoms with Crippen LogP contribution >= 0.6 is 11.3 Å². The molecule has 0 spiro atoms. The molecule has 0 saturated heterocycles. The van der Waals surface area contributed by atoms with Crippen LogP contribution in [0.1, 0.15) is 25.0 Å². The molecule has 0 fully saturated rings. The van der Waals surface area contributed by atoms with Crippen LogP contribution in [0.2, 0.25) is 0 Å². The molecule has 0 aliphatic heterocycles. The summed E-state index contributed by atoms with van der Waals surface area (Å²) in [6.45, 7) is 4.73. The van der Waals surface area contributed by atoms with Crippen molar-refractivity contribution in [3.8, 4) is 33.4 Å². The van der Waals surface area contributed by atoms with E-state index < -0.39 is 0 Å². The first kappa shape index (κ1) is 29.4. The molecule has 1 nitrogen and oxygen atoms in total. The molecule has 11 aromatic rings. The van der Waals surface area contributed by atoms with Crippen molar-refractivity contribution in [3.63, 3.8) is 0 Å². The van der Waals surface area contributed by atoms with Crippen LogP contribution in [0.15, 0.2) is 162 Å². The predicted molar refractivity (Wildman–Crippen MR) is 228 cm³/mol. The Labute approximate surface area is 310 Å². The van der Waals surface area contributed by atoms with E-state index in [2.05, 4.69) is 172 Å². The molecule has 0 atom stereocenters. The molecular weight excluding hydrogens is 661 g/mol. The highest BCUT2D eigenvalue weighted by molar-refractivity contribution is 7.26. The topological polar surface area (TPSA) is 13.1 Å². The van der Waals surface area contributed by atoms with Crippen molar-refractivity contribution < 1.29 is 4.42 Å². The molecule has 2 heterocycles. The molecule has 1 aliphatic rings. The van der Waals surface area contributed by atoms with Gasteiger partial charge in [-0.3, -0.25) is 0 Å². The first-order chi connectivity index (χ1) is 26.0. The average molecular weight is 693 g/mol. The molecule has 2 heteroatoms. The van der Waals surface area contributed by atoms with E-state index in [1.54, 1.807) is 0 Å². The van der Waals surface area contributed by atoms with Crippen molar-refractivity contribution in [1.82, 2.24) is 0 Å². The van der Waals surface area contributed by atoms with E-state index in [-0.39, 0.29) is 5.41 Å². The molecule has 248 valence electrons. The molecule has 1 aliphatic carbocycles. The maximum absolute atomic E-state index is 6.59. The van der Waals surface area contributed by atoms with Crippen LogP contribution in [0.25, 0.3) is 108 Å². The van der Waals surface area contributed by atoms with Crippen molar-refractivity contribution >= 4 is 85.8 Å². The lowest BCUT2D eigenvalue weighted by molar-refractivity contribution is 0.660. The number of rotatable bonds is 2. The molecule has 9 aromatic carbocycles. The summed E-state index contributed by atoms with van der Waals surface area (Å²) in [6.07, 6.45) is 0. The Balaban J connectivity index is 1.09. The number of hydrogen-bond acceptors (Lipinski definition) is 2. The van der Waals surface area contributed by atoms with Crippen molar-refractivity contribution in [1.29, 1.82) is 0 Å². The Hall–Kier alpha value is -6.22. The molecule has 0 radical (unpaired) electrons. The van der Waals surface area contributed by atoms with Crippen LogP contribution < -0.4 is 0 Å². The number of benzene rings is 9. The van der Waals surface area contributed by atoms with Gasteiger partial charge in [-0.25, -0.2) is 0 Å². The van der Waals surface area contributed by atoms with Gasteiger partial charge in [0.05, 0.1) is 0 Å². The van der Waals surface area contributed by atoms with Crippen LogP contribution in [0.4, 0.5) is 0 Å². The lowest BCUT2D eigenvalue weighted by Crippen LogP contribution is -2.14. The Morgan fingerprint density at radius 3 is 1.83 bits per heavy atom. The summed E-state index contributed by atoms with van der Waals surface area (Å²) in [7, 11) is 0. The van der Waals surface area contributed by atoms with Gasteiger partial charge in [-0.1, -0.05) is 147 Å². The summed E-state index contributed by atoms with van der Waals surface area (Å²) < 4.78 is 9.17. The van der Waals surface area contributed by atoms with Crippen molar-refractivity contribution in [3.05, 3.63) is 169 Å². The average Bonchev–Trinajstić information content (AvgIpc) is 3.82. The van der Waals surface area contributed by atoms with Gasteiger partial charge >= 0.3 is 0 Å². The number of furan rings is 1. The normalized spacial score (nSPS) is 13.6. The van der Waals surface area contributed by atoms with Crippen LogP contribution in [0.5, 0.6) is 0 Å². The molecule has 53 heavy (non-hydrogen) atoms. The highest BCUT2D eigenvalue weighted by Gasteiger charge is 2.37. The first-order valence-corrected chi connectivity index (χ1v) is 19.2. The third kappa shape index (κ3) is 3.91. The van der Waals surface area contributed by atoms with Crippen LogP contribution in [0.3, 0.4) is 0 Å². The van der Waals surface area contributed by atoms with Gasteiger partial charge in [-0.2, -0.15) is 0 Å². The van der Waals surface area contributed by atoms with E-state index in [9.17, 15) is 0 Å². The van der Waals surface area contributed by atoms with Crippen molar-refractivity contribution in [2.45, 2.75) is 19.3 Å². The molecule has 2 aromatic heterocycles. The molecular formula is C51H32OS. The summed E-state index contributed by atoms with van der Waals surface area (Å²) in [5.41, 5.74) is 12.5. The summed E-state index contributed by atoms with van der Waals surface area (Å²) in [4.78, 5) is 0. The second-order valence-corrected chi connectivity index (χ2v) is 16.2. The van der Waals surface area contributed by atoms with Gasteiger partial charge in [0.1, 0.15) is 11.2 Å². The minimum Gasteiger partial charge on any atom is -0.455 e. The van der Waals surface area contributed by atoms with E-state index in [1.807, 2.05) is 11.3 Å². The standard InChI is InChI=1S/C51H32OS/c1-51(2)42-20-10-9-18-38(42)49-39(19-11-21-43(49)51)48-35-16-7-5-14-33(35)47(34-15-6-8-17-36(34)48)30-23-24-32-41-27-44-40(28-46(41)53-45(32)26-30)37-25-22-29-12-3-4-13-31(29)50(37)52-44/h3-28H,1-2H3. The zero-order valence-corrected chi connectivity index (χ0v) is 30.1. The Bertz CT molecular complexity index is 3320. The number of fused-ring (bicyclic) bond motifs is 13. The van der Waals surface area contributed by atoms with Crippen LogP contribution in [-0.2, 0) is 5.41 Å². The van der Waals surface area contributed by atoms with Crippen LogP contribution in [0, 0.1) is 0 Å². The Morgan fingerprint density at radius 1 is 0.415 bits per heavy atom. The smallest absolute Gasteiger partial charge is 0.143 e. The van der Waals surface area contributed by atoms with Gasteiger partial charge in [0, 0.05) is 41.7 Å². The molecule has 0 unspecified atom stereocenters. The van der Waals surface area contributed by atoms with Gasteiger partial charge in [-0.15, -0.1) is 11.3 Å².